The Kier molecular flexibility index (Phi) is 5.26. The SMILES string of the molecule is C=CCC(C)C(C)NCc1cc(CC)no1. The van der Waals surface area contributed by atoms with Crippen LogP contribution in [0.5, 0.6) is 0 Å². The highest BCUT2D eigenvalue weighted by Gasteiger charge is 2.11. The number of aromatic nitrogens is 1. The molecule has 0 aliphatic rings. The van der Waals surface area contributed by atoms with Gasteiger partial charge in [-0.3, -0.25) is 0 Å². The molecule has 90 valence electrons. The first-order valence-electron chi connectivity index (χ1n) is 5.96. The van der Waals surface area contributed by atoms with E-state index in [0.717, 1.165) is 30.8 Å². The van der Waals surface area contributed by atoms with Crippen LogP contribution in [-0.2, 0) is 13.0 Å². The molecule has 16 heavy (non-hydrogen) atoms. The van der Waals surface area contributed by atoms with E-state index >= 15 is 0 Å². The topological polar surface area (TPSA) is 38.1 Å². The van der Waals surface area contributed by atoms with Gasteiger partial charge < -0.3 is 9.84 Å². The van der Waals surface area contributed by atoms with Crippen molar-refractivity contribution in [3.8, 4) is 0 Å². The van der Waals surface area contributed by atoms with Gasteiger partial charge >= 0.3 is 0 Å². The molecule has 0 fully saturated rings. The number of aryl methyl sites for hydroxylation is 1. The van der Waals surface area contributed by atoms with Crippen molar-refractivity contribution in [2.75, 3.05) is 0 Å². The lowest BCUT2D eigenvalue weighted by atomic mass is 10.00. The number of allylic oxidation sites excluding steroid dienone is 1. The predicted molar refractivity (Wildman–Crippen MR) is 66.2 cm³/mol. The average Bonchev–Trinajstić information content (AvgIpc) is 2.74. The Hall–Kier alpha value is -1.09. The summed E-state index contributed by atoms with van der Waals surface area (Å²) in [6.07, 6.45) is 3.92. The molecule has 0 aliphatic heterocycles. The molecular weight excluding hydrogens is 200 g/mol. The third-order valence-electron chi connectivity index (χ3n) is 2.96. The minimum atomic E-state index is 0.452. The van der Waals surface area contributed by atoms with Gasteiger partial charge in [-0.15, -0.1) is 6.58 Å². The van der Waals surface area contributed by atoms with Crippen LogP contribution in [0, 0.1) is 5.92 Å². The number of nitrogens with zero attached hydrogens (tertiary/aromatic N) is 1. The molecule has 2 unspecified atom stereocenters. The van der Waals surface area contributed by atoms with Crippen LogP contribution in [0.3, 0.4) is 0 Å². The van der Waals surface area contributed by atoms with Gasteiger partial charge in [0.2, 0.25) is 0 Å². The zero-order valence-corrected chi connectivity index (χ0v) is 10.5. The van der Waals surface area contributed by atoms with Gasteiger partial charge in [-0.25, -0.2) is 0 Å². The summed E-state index contributed by atoms with van der Waals surface area (Å²) in [5.74, 6) is 1.50. The van der Waals surface area contributed by atoms with Crippen LogP contribution in [0.1, 0.15) is 38.6 Å². The second-order valence-corrected chi connectivity index (χ2v) is 4.31. The molecule has 0 aliphatic carbocycles. The van der Waals surface area contributed by atoms with Crippen molar-refractivity contribution in [2.24, 2.45) is 5.92 Å². The standard InChI is InChI=1S/C13H22N2O/c1-5-7-10(3)11(4)14-9-13-8-12(6-2)15-16-13/h5,8,10-11,14H,1,6-7,9H2,2-4H3. The van der Waals surface area contributed by atoms with Crippen LogP contribution in [0.2, 0.25) is 0 Å². The van der Waals surface area contributed by atoms with Crippen molar-refractivity contribution in [1.82, 2.24) is 10.5 Å². The highest BCUT2D eigenvalue weighted by Crippen LogP contribution is 2.10. The molecule has 0 saturated carbocycles. The summed E-state index contributed by atoms with van der Waals surface area (Å²) in [6.45, 7) is 11.0. The number of nitrogens with one attached hydrogen (secondary N) is 1. The predicted octanol–water partition coefficient (Wildman–Crippen LogP) is 2.93. The first-order chi connectivity index (χ1) is 7.67. The van der Waals surface area contributed by atoms with E-state index in [1.54, 1.807) is 0 Å². The molecule has 1 heterocycles. The minimum Gasteiger partial charge on any atom is -0.360 e. The van der Waals surface area contributed by atoms with Gasteiger partial charge in [-0.1, -0.05) is 25.1 Å². The minimum absolute atomic E-state index is 0.452. The molecule has 3 nitrogen and oxygen atoms in total. The van der Waals surface area contributed by atoms with E-state index in [0.29, 0.717) is 12.0 Å². The van der Waals surface area contributed by atoms with Crippen LogP contribution < -0.4 is 5.32 Å². The van der Waals surface area contributed by atoms with Crippen molar-refractivity contribution in [2.45, 2.75) is 46.2 Å². The van der Waals surface area contributed by atoms with E-state index in [4.69, 9.17) is 4.52 Å². The van der Waals surface area contributed by atoms with Crippen LogP contribution in [0.25, 0.3) is 0 Å². The Labute approximate surface area is 97.9 Å². The lowest BCUT2D eigenvalue weighted by molar-refractivity contribution is 0.339. The monoisotopic (exact) mass is 222 g/mol. The first kappa shape index (κ1) is 13.0. The maximum atomic E-state index is 5.21. The Bertz CT molecular complexity index is 319. The Balaban J connectivity index is 2.35. The number of hydrogen-bond donors (Lipinski definition) is 1. The molecule has 1 aromatic heterocycles. The quantitative estimate of drug-likeness (QED) is 0.721. The van der Waals surface area contributed by atoms with Crippen molar-refractivity contribution in [1.29, 1.82) is 0 Å². The summed E-state index contributed by atoms with van der Waals surface area (Å²) in [4.78, 5) is 0. The average molecular weight is 222 g/mol. The van der Waals surface area contributed by atoms with Crippen molar-refractivity contribution >= 4 is 0 Å². The molecule has 0 bridgehead atoms. The van der Waals surface area contributed by atoms with Gasteiger partial charge in [-0.05, 0) is 25.7 Å². The van der Waals surface area contributed by atoms with Crippen LogP contribution in [0.15, 0.2) is 23.2 Å². The number of hydrogen-bond acceptors (Lipinski definition) is 3. The Morgan fingerprint density at radius 2 is 2.31 bits per heavy atom. The third kappa shape index (κ3) is 3.81. The molecule has 0 saturated heterocycles. The molecular formula is C13H22N2O. The van der Waals surface area contributed by atoms with Crippen molar-refractivity contribution in [3.05, 3.63) is 30.2 Å². The summed E-state index contributed by atoms with van der Waals surface area (Å²) in [7, 11) is 0. The molecule has 1 aromatic rings. The van der Waals surface area contributed by atoms with E-state index in [9.17, 15) is 0 Å². The Morgan fingerprint density at radius 3 is 2.88 bits per heavy atom. The summed E-state index contributed by atoms with van der Waals surface area (Å²) >= 11 is 0. The van der Waals surface area contributed by atoms with Crippen LogP contribution in [-0.4, -0.2) is 11.2 Å². The third-order valence-corrected chi connectivity index (χ3v) is 2.96. The summed E-state index contributed by atoms with van der Waals surface area (Å²) in [5.41, 5.74) is 1.02. The normalized spacial score (nSPS) is 14.7. The second kappa shape index (κ2) is 6.48. The van der Waals surface area contributed by atoms with Crippen LogP contribution in [0.4, 0.5) is 0 Å². The molecule has 1 N–H and O–H groups in total. The van der Waals surface area contributed by atoms with E-state index in [1.165, 1.54) is 0 Å². The number of rotatable bonds is 7. The highest BCUT2D eigenvalue weighted by atomic mass is 16.5. The lowest BCUT2D eigenvalue weighted by Crippen LogP contribution is -2.31. The molecule has 0 amide bonds. The van der Waals surface area contributed by atoms with Gasteiger partial charge in [-0.2, -0.15) is 0 Å². The largest absolute Gasteiger partial charge is 0.360 e. The molecule has 0 radical (unpaired) electrons. The zero-order chi connectivity index (χ0) is 12.0. The second-order valence-electron chi connectivity index (χ2n) is 4.31. The highest BCUT2D eigenvalue weighted by molar-refractivity contribution is 5.04. The molecule has 0 spiro atoms. The van der Waals surface area contributed by atoms with E-state index < -0.39 is 0 Å². The van der Waals surface area contributed by atoms with E-state index in [2.05, 4.69) is 37.8 Å². The molecule has 3 heteroatoms. The molecule has 2 atom stereocenters. The lowest BCUT2D eigenvalue weighted by Gasteiger charge is -2.19. The molecule has 1 rings (SSSR count). The smallest absolute Gasteiger partial charge is 0.150 e. The summed E-state index contributed by atoms with van der Waals surface area (Å²) in [6, 6.07) is 2.46. The summed E-state index contributed by atoms with van der Waals surface area (Å²) < 4.78 is 5.21. The van der Waals surface area contributed by atoms with Crippen molar-refractivity contribution in [3.63, 3.8) is 0 Å². The van der Waals surface area contributed by atoms with Gasteiger partial charge in [0.1, 0.15) is 0 Å². The molecule has 0 aromatic carbocycles. The van der Waals surface area contributed by atoms with Gasteiger partial charge in [0.25, 0.3) is 0 Å². The van der Waals surface area contributed by atoms with E-state index in [-0.39, 0.29) is 0 Å². The fourth-order valence-corrected chi connectivity index (χ4v) is 1.54. The van der Waals surface area contributed by atoms with E-state index in [1.807, 2.05) is 12.1 Å². The Morgan fingerprint density at radius 1 is 1.56 bits per heavy atom. The van der Waals surface area contributed by atoms with Gasteiger partial charge in [0.15, 0.2) is 5.76 Å². The zero-order valence-electron chi connectivity index (χ0n) is 10.5. The summed E-state index contributed by atoms with van der Waals surface area (Å²) in [5, 5.41) is 7.40. The fraction of sp³-hybridized carbons (Fsp3) is 0.615. The van der Waals surface area contributed by atoms with Gasteiger partial charge in [0.05, 0.1) is 12.2 Å². The maximum Gasteiger partial charge on any atom is 0.150 e. The van der Waals surface area contributed by atoms with Gasteiger partial charge in [0, 0.05) is 12.1 Å². The van der Waals surface area contributed by atoms with Crippen LogP contribution >= 0.6 is 0 Å². The fourth-order valence-electron chi connectivity index (χ4n) is 1.54. The maximum absolute atomic E-state index is 5.21. The first-order valence-corrected chi connectivity index (χ1v) is 5.96. The van der Waals surface area contributed by atoms with Crippen molar-refractivity contribution < 1.29 is 4.52 Å².